The Kier molecular flexibility index (Phi) is 5.77. The third-order valence-corrected chi connectivity index (χ3v) is 4.24. The van der Waals surface area contributed by atoms with Crippen LogP contribution in [-0.2, 0) is 0 Å². The zero-order valence-corrected chi connectivity index (χ0v) is 10.8. The molecular formula is C9H11BrO2S2. The van der Waals surface area contributed by atoms with Gasteiger partial charge in [-0.05, 0) is 40.2 Å². The number of aliphatic hydroxyl groups is 1. The molecule has 1 N–H and O–H groups in total. The molecule has 1 heterocycles. The van der Waals surface area contributed by atoms with Gasteiger partial charge in [0.15, 0.2) is 5.78 Å². The number of thioether (sulfide) groups is 1. The van der Waals surface area contributed by atoms with Crippen LogP contribution in [0.5, 0.6) is 0 Å². The molecule has 5 heteroatoms. The van der Waals surface area contributed by atoms with Crippen LogP contribution in [0.2, 0.25) is 0 Å². The molecule has 1 rings (SSSR count). The Balaban J connectivity index is 2.29. The summed E-state index contributed by atoms with van der Waals surface area (Å²) in [5.41, 5.74) is 0. The fourth-order valence-electron chi connectivity index (χ4n) is 0.867. The summed E-state index contributed by atoms with van der Waals surface area (Å²) >= 11 is 6.36. The van der Waals surface area contributed by atoms with E-state index in [4.69, 9.17) is 5.11 Å². The van der Waals surface area contributed by atoms with Crippen molar-refractivity contribution in [1.29, 1.82) is 0 Å². The van der Waals surface area contributed by atoms with Gasteiger partial charge in [-0.15, -0.1) is 11.3 Å². The van der Waals surface area contributed by atoms with Gasteiger partial charge in [0.1, 0.15) is 0 Å². The molecule has 0 aliphatic rings. The minimum absolute atomic E-state index is 0.170. The number of hydrogen-bond donors (Lipinski definition) is 1. The van der Waals surface area contributed by atoms with E-state index >= 15 is 0 Å². The van der Waals surface area contributed by atoms with Crippen molar-refractivity contribution in [3.8, 4) is 0 Å². The van der Waals surface area contributed by atoms with Crippen LogP contribution in [0.15, 0.2) is 15.9 Å². The number of rotatable bonds is 6. The molecule has 0 aromatic carbocycles. The number of halogens is 1. The molecule has 0 unspecified atom stereocenters. The Bertz CT molecular complexity index is 299. The minimum Gasteiger partial charge on any atom is -0.396 e. The molecule has 1 aromatic rings. The zero-order valence-electron chi connectivity index (χ0n) is 7.53. The van der Waals surface area contributed by atoms with E-state index in [2.05, 4.69) is 15.9 Å². The smallest absolute Gasteiger partial charge is 0.182 e. The van der Waals surface area contributed by atoms with Gasteiger partial charge in [-0.2, -0.15) is 11.8 Å². The molecule has 0 atom stereocenters. The molecule has 0 radical (unpaired) electrons. The van der Waals surface area contributed by atoms with E-state index in [1.165, 1.54) is 11.3 Å². The van der Waals surface area contributed by atoms with Crippen LogP contribution >= 0.6 is 39.0 Å². The highest BCUT2D eigenvalue weighted by Gasteiger charge is 2.07. The van der Waals surface area contributed by atoms with Crippen LogP contribution in [-0.4, -0.2) is 29.0 Å². The number of thiophene rings is 1. The van der Waals surface area contributed by atoms with E-state index < -0.39 is 0 Å². The maximum Gasteiger partial charge on any atom is 0.182 e. The molecule has 14 heavy (non-hydrogen) atoms. The molecule has 0 saturated heterocycles. The second kappa shape index (κ2) is 6.61. The van der Waals surface area contributed by atoms with Crippen LogP contribution in [0.1, 0.15) is 16.1 Å². The molecular weight excluding hydrogens is 284 g/mol. The fraction of sp³-hybridized carbons (Fsp3) is 0.444. The molecule has 0 amide bonds. The number of hydrogen-bond acceptors (Lipinski definition) is 4. The second-order valence-corrected chi connectivity index (χ2v) is 6.22. The quantitative estimate of drug-likeness (QED) is 0.648. The highest BCUT2D eigenvalue weighted by atomic mass is 79.9. The van der Waals surface area contributed by atoms with E-state index in [-0.39, 0.29) is 12.4 Å². The van der Waals surface area contributed by atoms with Gasteiger partial charge in [0.2, 0.25) is 0 Å². The standard InChI is InChI=1S/C9H11BrO2S2/c10-9-3-2-8(14-9)7(12)6-13-5-1-4-11/h2-3,11H,1,4-6H2. The van der Waals surface area contributed by atoms with E-state index in [0.717, 1.165) is 20.8 Å². The summed E-state index contributed by atoms with van der Waals surface area (Å²) in [6, 6.07) is 3.72. The Hall–Kier alpha value is 0.160. The van der Waals surface area contributed by atoms with Crippen molar-refractivity contribution in [3.05, 3.63) is 20.8 Å². The lowest BCUT2D eigenvalue weighted by Gasteiger charge is -1.97. The molecule has 0 bridgehead atoms. The predicted octanol–water partition coefficient (Wildman–Crippen LogP) is 2.81. The minimum atomic E-state index is 0.170. The lowest BCUT2D eigenvalue weighted by atomic mass is 10.4. The Morgan fingerprint density at radius 1 is 1.57 bits per heavy atom. The van der Waals surface area contributed by atoms with Crippen LogP contribution in [0.4, 0.5) is 0 Å². The summed E-state index contributed by atoms with van der Waals surface area (Å²) in [5, 5.41) is 8.55. The van der Waals surface area contributed by atoms with Crippen molar-refractivity contribution in [1.82, 2.24) is 0 Å². The van der Waals surface area contributed by atoms with E-state index in [1.54, 1.807) is 11.8 Å². The summed E-state index contributed by atoms with van der Waals surface area (Å²) < 4.78 is 0.987. The van der Waals surface area contributed by atoms with Crippen LogP contribution in [0, 0.1) is 0 Å². The maximum absolute atomic E-state index is 11.5. The first kappa shape index (κ1) is 12.2. The van der Waals surface area contributed by atoms with Gasteiger partial charge in [0, 0.05) is 6.61 Å². The summed E-state index contributed by atoms with van der Waals surface area (Å²) in [6.45, 7) is 0.200. The first-order valence-corrected chi connectivity index (χ1v) is 6.97. The number of Topliss-reactive ketones (excluding diaryl/α,β-unsaturated/α-hetero) is 1. The molecule has 0 spiro atoms. The highest BCUT2D eigenvalue weighted by molar-refractivity contribution is 9.11. The summed E-state index contributed by atoms with van der Waals surface area (Å²) in [7, 11) is 0. The third-order valence-electron chi connectivity index (χ3n) is 1.53. The Morgan fingerprint density at radius 3 is 2.93 bits per heavy atom. The van der Waals surface area contributed by atoms with Gasteiger partial charge in [0.25, 0.3) is 0 Å². The van der Waals surface area contributed by atoms with E-state index in [1.807, 2.05) is 12.1 Å². The highest BCUT2D eigenvalue weighted by Crippen LogP contribution is 2.23. The van der Waals surface area contributed by atoms with Crippen molar-refractivity contribution >= 4 is 44.8 Å². The molecule has 1 aromatic heterocycles. The van der Waals surface area contributed by atoms with Crippen molar-refractivity contribution in [2.24, 2.45) is 0 Å². The normalized spacial score (nSPS) is 10.4. The van der Waals surface area contributed by atoms with Gasteiger partial charge in [-0.1, -0.05) is 0 Å². The maximum atomic E-state index is 11.5. The summed E-state index contributed by atoms with van der Waals surface area (Å²) in [6.07, 6.45) is 0.756. The van der Waals surface area contributed by atoms with Gasteiger partial charge < -0.3 is 5.11 Å². The van der Waals surface area contributed by atoms with Crippen LogP contribution in [0.25, 0.3) is 0 Å². The van der Waals surface area contributed by atoms with Crippen molar-refractivity contribution in [3.63, 3.8) is 0 Å². The van der Waals surface area contributed by atoms with E-state index in [0.29, 0.717) is 5.75 Å². The number of carbonyl (C=O) groups is 1. The van der Waals surface area contributed by atoms with Crippen molar-refractivity contribution < 1.29 is 9.90 Å². The average molecular weight is 295 g/mol. The predicted molar refractivity (Wildman–Crippen MR) is 65.4 cm³/mol. The Morgan fingerprint density at radius 2 is 2.36 bits per heavy atom. The largest absolute Gasteiger partial charge is 0.396 e. The zero-order chi connectivity index (χ0) is 10.4. The first-order valence-electron chi connectivity index (χ1n) is 4.21. The molecule has 0 aliphatic heterocycles. The SMILES string of the molecule is O=C(CSCCCO)c1ccc(Br)s1. The second-order valence-electron chi connectivity index (χ2n) is 2.66. The fourth-order valence-corrected chi connectivity index (χ4v) is 3.10. The first-order chi connectivity index (χ1) is 6.74. The molecule has 0 aliphatic carbocycles. The average Bonchev–Trinajstić information content (AvgIpc) is 2.59. The number of carbonyl (C=O) groups excluding carboxylic acids is 1. The van der Waals surface area contributed by atoms with Gasteiger partial charge in [-0.3, -0.25) is 4.79 Å². The summed E-state index contributed by atoms with van der Waals surface area (Å²) in [5.74, 6) is 1.52. The molecule has 0 saturated carbocycles. The Labute approximate surface area is 99.8 Å². The monoisotopic (exact) mass is 294 g/mol. The lowest BCUT2D eigenvalue weighted by molar-refractivity contribution is 0.102. The molecule has 78 valence electrons. The van der Waals surface area contributed by atoms with Crippen LogP contribution in [0.3, 0.4) is 0 Å². The molecule has 0 fully saturated rings. The number of aliphatic hydroxyl groups excluding tert-OH is 1. The van der Waals surface area contributed by atoms with E-state index in [9.17, 15) is 4.79 Å². The van der Waals surface area contributed by atoms with Crippen molar-refractivity contribution in [2.75, 3.05) is 18.1 Å². The lowest BCUT2D eigenvalue weighted by Crippen LogP contribution is -2.00. The van der Waals surface area contributed by atoms with Gasteiger partial charge >= 0.3 is 0 Å². The molecule has 2 nitrogen and oxygen atoms in total. The van der Waals surface area contributed by atoms with Gasteiger partial charge in [-0.25, -0.2) is 0 Å². The van der Waals surface area contributed by atoms with Gasteiger partial charge in [0.05, 0.1) is 14.4 Å². The number of ketones is 1. The third kappa shape index (κ3) is 4.13. The topological polar surface area (TPSA) is 37.3 Å². The summed E-state index contributed by atoms with van der Waals surface area (Å²) in [4.78, 5) is 12.3. The van der Waals surface area contributed by atoms with Crippen molar-refractivity contribution in [2.45, 2.75) is 6.42 Å². The van der Waals surface area contributed by atoms with Crippen LogP contribution < -0.4 is 0 Å².